The van der Waals surface area contributed by atoms with E-state index in [1.807, 2.05) is 0 Å². The van der Waals surface area contributed by atoms with Crippen molar-refractivity contribution in [3.63, 3.8) is 0 Å². The van der Waals surface area contributed by atoms with Gasteiger partial charge in [0.15, 0.2) is 0 Å². The zero-order valence-electron chi connectivity index (χ0n) is 7.11. The molecule has 0 aromatic carbocycles. The van der Waals surface area contributed by atoms with Gasteiger partial charge in [0.25, 0.3) is 0 Å². The Kier molecular flexibility index (Phi) is 2.13. The largest absolute Gasteiger partial charge is 0.477 e. The summed E-state index contributed by atoms with van der Waals surface area (Å²) < 4.78 is 0.629. The standard InChI is InChI=1S/C8H5ClN2O2S/c1-3-4-6(7(9)11-2-10-4)14-5(3)8(12)13/h2H,1H3,(H,12,13). The molecule has 2 aromatic heterocycles. The van der Waals surface area contributed by atoms with E-state index in [1.165, 1.54) is 6.33 Å². The number of carbonyl (C=O) groups is 1. The van der Waals surface area contributed by atoms with Crippen LogP contribution in [0.3, 0.4) is 0 Å². The highest BCUT2D eigenvalue weighted by molar-refractivity contribution is 7.21. The first-order valence-corrected chi connectivity index (χ1v) is 4.93. The molecule has 0 unspecified atom stereocenters. The average molecular weight is 229 g/mol. The number of fused-ring (bicyclic) bond motifs is 1. The number of thiophene rings is 1. The summed E-state index contributed by atoms with van der Waals surface area (Å²) in [6.45, 7) is 1.71. The fourth-order valence-corrected chi connectivity index (χ4v) is 2.43. The minimum absolute atomic E-state index is 0.266. The maximum Gasteiger partial charge on any atom is 0.346 e. The van der Waals surface area contributed by atoms with E-state index in [1.54, 1.807) is 6.92 Å². The van der Waals surface area contributed by atoms with Gasteiger partial charge >= 0.3 is 5.97 Å². The zero-order chi connectivity index (χ0) is 10.3. The summed E-state index contributed by atoms with van der Waals surface area (Å²) in [5.41, 5.74) is 1.26. The van der Waals surface area contributed by atoms with Gasteiger partial charge in [-0.25, -0.2) is 14.8 Å². The van der Waals surface area contributed by atoms with Crippen LogP contribution < -0.4 is 0 Å². The SMILES string of the molecule is Cc1c(C(=O)O)sc2c(Cl)ncnc12. The second kappa shape index (κ2) is 3.18. The smallest absolute Gasteiger partial charge is 0.346 e. The lowest BCUT2D eigenvalue weighted by atomic mass is 10.2. The van der Waals surface area contributed by atoms with Crippen LogP contribution in [0.2, 0.25) is 5.15 Å². The Balaban J connectivity index is 2.86. The first-order valence-electron chi connectivity index (χ1n) is 3.74. The molecule has 0 amide bonds. The Morgan fingerprint density at radius 3 is 2.86 bits per heavy atom. The maximum absolute atomic E-state index is 10.8. The van der Waals surface area contributed by atoms with Crippen molar-refractivity contribution in [3.05, 3.63) is 21.9 Å². The molecule has 0 spiro atoms. The number of aryl methyl sites for hydroxylation is 1. The summed E-state index contributed by atoms with van der Waals surface area (Å²) in [5.74, 6) is -0.957. The highest BCUT2D eigenvalue weighted by Crippen LogP contribution is 2.32. The van der Waals surface area contributed by atoms with Crippen LogP contribution in [-0.4, -0.2) is 21.0 Å². The fourth-order valence-electron chi connectivity index (χ4n) is 1.20. The van der Waals surface area contributed by atoms with Gasteiger partial charge in [0.05, 0.1) is 10.2 Å². The number of carboxylic acid groups (broad SMARTS) is 1. The number of aromatic nitrogens is 2. The molecule has 1 N–H and O–H groups in total. The number of hydrogen-bond acceptors (Lipinski definition) is 4. The van der Waals surface area contributed by atoms with E-state index in [0.29, 0.717) is 20.9 Å². The zero-order valence-corrected chi connectivity index (χ0v) is 8.69. The van der Waals surface area contributed by atoms with Crippen molar-refractivity contribution >= 4 is 39.1 Å². The molecule has 0 saturated carbocycles. The Morgan fingerprint density at radius 2 is 2.29 bits per heavy atom. The molecular weight excluding hydrogens is 224 g/mol. The quantitative estimate of drug-likeness (QED) is 0.761. The van der Waals surface area contributed by atoms with E-state index in [4.69, 9.17) is 16.7 Å². The molecule has 0 bridgehead atoms. The molecule has 72 valence electrons. The summed E-state index contributed by atoms with van der Waals surface area (Å²) in [5, 5.41) is 9.18. The highest BCUT2D eigenvalue weighted by Gasteiger charge is 2.17. The van der Waals surface area contributed by atoms with Crippen molar-refractivity contribution in [2.75, 3.05) is 0 Å². The Morgan fingerprint density at radius 1 is 1.57 bits per heavy atom. The van der Waals surface area contributed by atoms with Crippen LogP contribution in [0.5, 0.6) is 0 Å². The van der Waals surface area contributed by atoms with Crippen molar-refractivity contribution in [2.45, 2.75) is 6.92 Å². The van der Waals surface area contributed by atoms with E-state index in [0.717, 1.165) is 11.3 Å². The maximum atomic E-state index is 10.8. The highest BCUT2D eigenvalue weighted by atomic mass is 35.5. The average Bonchev–Trinajstić information content (AvgIpc) is 2.46. The molecular formula is C8H5ClN2O2S. The van der Waals surface area contributed by atoms with Gasteiger partial charge in [0, 0.05) is 5.56 Å². The number of hydrogen-bond donors (Lipinski definition) is 1. The molecule has 6 heteroatoms. The number of halogens is 1. The Bertz CT molecular complexity index is 523. The van der Waals surface area contributed by atoms with Crippen molar-refractivity contribution in [3.8, 4) is 0 Å². The van der Waals surface area contributed by atoms with Gasteiger partial charge in [0.2, 0.25) is 0 Å². The second-order valence-corrected chi connectivity index (χ2v) is 4.08. The lowest BCUT2D eigenvalue weighted by Crippen LogP contribution is -1.93. The predicted molar refractivity (Wildman–Crippen MR) is 54.1 cm³/mol. The van der Waals surface area contributed by atoms with Gasteiger partial charge in [-0.15, -0.1) is 11.3 Å². The van der Waals surface area contributed by atoms with Crippen LogP contribution in [0.25, 0.3) is 10.2 Å². The van der Waals surface area contributed by atoms with Gasteiger partial charge in [0.1, 0.15) is 16.4 Å². The van der Waals surface area contributed by atoms with E-state index in [-0.39, 0.29) is 4.88 Å². The fraction of sp³-hybridized carbons (Fsp3) is 0.125. The third kappa shape index (κ3) is 1.25. The second-order valence-electron chi connectivity index (χ2n) is 2.70. The molecule has 2 heterocycles. The van der Waals surface area contributed by atoms with E-state index < -0.39 is 5.97 Å². The number of carboxylic acids is 1. The van der Waals surface area contributed by atoms with Crippen molar-refractivity contribution in [1.29, 1.82) is 0 Å². The molecule has 0 fully saturated rings. The van der Waals surface area contributed by atoms with Crippen LogP contribution in [0, 0.1) is 6.92 Å². The minimum Gasteiger partial charge on any atom is -0.477 e. The van der Waals surface area contributed by atoms with Crippen LogP contribution in [0.15, 0.2) is 6.33 Å². The van der Waals surface area contributed by atoms with Crippen molar-refractivity contribution < 1.29 is 9.90 Å². The van der Waals surface area contributed by atoms with Gasteiger partial charge in [-0.3, -0.25) is 0 Å². The molecule has 0 atom stereocenters. The third-order valence-electron chi connectivity index (χ3n) is 1.85. The van der Waals surface area contributed by atoms with Crippen LogP contribution in [0.1, 0.15) is 15.2 Å². The summed E-state index contributed by atoms with van der Waals surface area (Å²) >= 11 is 6.92. The van der Waals surface area contributed by atoms with Crippen LogP contribution in [-0.2, 0) is 0 Å². The van der Waals surface area contributed by atoms with Gasteiger partial charge in [-0.05, 0) is 6.92 Å². The van der Waals surface area contributed by atoms with Gasteiger partial charge < -0.3 is 5.11 Å². The van der Waals surface area contributed by atoms with E-state index in [2.05, 4.69) is 9.97 Å². The first-order chi connectivity index (χ1) is 6.61. The topological polar surface area (TPSA) is 63.1 Å². The summed E-state index contributed by atoms with van der Waals surface area (Å²) in [6, 6.07) is 0. The Labute approximate surface area is 88.2 Å². The number of aromatic carboxylic acids is 1. The van der Waals surface area contributed by atoms with Crippen molar-refractivity contribution in [2.24, 2.45) is 0 Å². The molecule has 0 aliphatic heterocycles. The number of rotatable bonds is 1. The van der Waals surface area contributed by atoms with Crippen molar-refractivity contribution in [1.82, 2.24) is 9.97 Å². The Hall–Kier alpha value is -1.20. The van der Waals surface area contributed by atoms with Gasteiger partial charge in [-0.1, -0.05) is 11.6 Å². The molecule has 0 radical (unpaired) electrons. The van der Waals surface area contributed by atoms with Crippen LogP contribution >= 0.6 is 22.9 Å². The summed E-state index contributed by atoms with van der Waals surface area (Å²) in [4.78, 5) is 18.9. The molecule has 0 aliphatic carbocycles. The monoisotopic (exact) mass is 228 g/mol. The van der Waals surface area contributed by atoms with Crippen LogP contribution in [0.4, 0.5) is 0 Å². The molecule has 4 nitrogen and oxygen atoms in total. The number of nitrogens with zero attached hydrogens (tertiary/aromatic N) is 2. The summed E-state index contributed by atoms with van der Waals surface area (Å²) in [7, 11) is 0. The minimum atomic E-state index is -0.957. The summed E-state index contributed by atoms with van der Waals surface area (Å²) in [6.07, 6.45) is 1.33. The molecule has 14 heavy (non-hydrogen) atoms. The predicted octanol–water partition coefficient (Wildman–Crippen LogP) is 2.35. The molecule has 0 aliphatic rings. The lowest BCUT2D eigenvalue weighted by Gasteiger charge is -1.90. The molecule has 0 saturated heterocycles. The first kappa shape index (κ1) is 9.36. The third-order valence-corrected chi connectivity index (χ3v) is 3.53. The van der Waals surface area contributed by atoms with E-state index >= 15 is 0 Å². The normalized spacial score (nSPS) is 10.7. The molecule has 2 aromatic rings. The lowest BCUT2D eigenvalue weighted by molar-refractivity contribution is 0.0701. The van der Waals surface area contributed by atoms with Gasteiger partial charge in [-0.2, -0.15) is 0 Å². The van der Waals surface area contributed by atoms with E-state index in [9.17, 15) is 4.79 Å². The molecule has 2 rings (SSSR count).